The molecular formula is C23H36N4O. The zero-order valence-electron chi connectivity index (χ0n) is 17.8. The molecule has 2 aliphatic rings. The van der Waals surface area contributed by atoms with Crippen molar-refractivity contribution in [3.63, 3.8) is 0 Å². The Morgan fingerprint density at radius 2 is 2.07 bits per heavy atom. The van der Waals surface area contributed by atoms with Crippen LogP contribution in [0, 0.1) is 6.92 Å². The molecule has 1 unspecified atom stereocenters. The van der Waals surface area contributed by atoms with Gasteiger partial charge in [0.05, 0.1) is 6.54 Å². The van der Waals surface area contributed by atoms with Crippen molar-refractivity contribution in [3.05, 3.63) is 35.4 Å². The van der Waals surface area contributed by atoms with E-state index in [2.05, 4.69) is 48.7 Å². The van der Waals surface area contributed by atoms with Gasteiger partial charge in [-0.1, -0.05) is 49.6 Å². The summed E-state index contributed by atoms with van der Waals surface area (Å²) in [5.41, 5.74) is 2.92. The standard InChI is InChI=1S/C23H36N4O/c1-4-21(28)27-14-11-20(16-27)26-22(24-5-2)25-17-23(12-6-7-13-23)19-10-8-9-18(3)15-19/h8-10,15,20H,4-7,11-14,16-17H2,1-3H3,(H2,24,25,26). The zero-order chi connectivity index (χ0) is 20.0. The van der Waals surface area contributed by atoms with E-state index in [1.165, 1.54) is 36.8 Å². The molecule has 0 spiro atoms. The summed E-state index contributed by atoms with van der Waals surface area (Å²) in [5.74, 6) is 1.13. The van der Waals surface area contributed by atoms with Gasteiger partial charge in [-0.15, -0.1) is 0 Å². The van der Waals surface area contributed by atoms with Gasteiger partial charge in [-0.05, 0) is 38.7 Å². The third-order valence-corrected chi connectivity index (χ3v) is 6.26. The lowest BCUT2D eigenvalue weighted by Crippen LogP contribution is -2.45. The fourth-order valence-corrected chi connectivity index (χ4v) is 4.64. The molecule has 1 aliphatic heterocycles. The van der Waals surface area contributed by atoms with Crippen molar-refractivity contribution < 1.29 is 4.79 Å². The maximum atomic E-state index is 11.9. The average molecular weight is 385 g/mol. The number of amides is 1. The van der Waals surface area contributed by atoms with Gasteiger partial charge in [0.2, 0.25) is 5.91 Å². The van der Waals surface area contributed by atoms with Crippen LogP contribution in [0.5, 0.6) is 0 Å². The molecule has 1 aromatic carbocycles. The second kappa shape index (κ2) is 9.44. The molecule has 0 aromatic heterocycles. The van der Waals surface area contributed by atoms with Crippen molar-refractivity contribution in [1.29, 1.82) is 0 Å². The fraction of sp³-hybridized carbons (Fsp3) is 0.652. The number of carbonyl (C=O) groups is 1. The minimum Gasteiger partial charge on any atom is -0.357 e. The summed E-state index contributed by atoms with van der Waals surface area (Å²) in [6.45, 7) is 9.48. The Labute approximate surface area is 170 Å². The Morgan fingerprint density at radius 3 is 2.75 bits per heavy atom. The maximum absolute atomic E-state index is 11.9. The topological polar surface area (TPSA) is 56.7 Å². The van der Waals surface area contributed by atoms with Crippen molar-refractivity contribution in [2.24, 2.45) is 4.99 Å². The van der Waals surface area contributed by atoms with Gasteiger partial charge in [0.1, 0.15) is 0 Å². The summed E-state index contributed by atoms with van der Waals surface area (Å²) in [6, 6.07) is 9.25. The quantitative estimate of drug-likeness (QED) is 0.584. The highest BCUT2D eigenvalue weighted by molar-refractivity contribution is 5.80. The predicted octanol–water partition coefficient (Wildman–Crippen LogP) is 3.37. The van der Waals surface area contributed by atoms with Crippen LogP contribution in [-0.2, 0) is 10.2 Å². The van der Waals surface area contributed by atoms with E-state index >= 15 is 0 Å². The highest BCUT2D eigenvalue weighted by Gasteiger charge is 2.35. The Morgan fingerprint density at radius 1 is 1.29 bits per heavy atom. The van der Waals surface area contributed by atoms with Crippen LogP contribution in [-0.4, -0.2) is 49.0 Å². The lowest BCUT2D eigenvalue weighted by atomic mass is 9.78. The van der Waals surface area contributed by atoms with Gasteiger partial charge in [0, 0.05) is 37.5 Å². The third-order valence-electron chi connectivity index (χ3n) is 6.26. The average Bonchev–Trinajstić information content (AvgIpc) is 3.36. The molecule has 0 radical (unpaired) electrons. The summed E-state index contributed by atoms with van der Waals surface area (Å²) in [6.07, 6.45) is 6.55. The molecule has 154 valence electrons. The number of hydrogen-bond acceptors (Lipinski definition) is 2. The van der Waals surface area contributed by atoms with Crippen LogP contribution in [0.4, 0.5) is 0 Å². The highest BCUT2D eigenvalue weighted by atomic mass is 16.2. The lowest BCUT2D eigenvalue weighted by molar-refractivity contribution is -0.129. The number of guanidine groups is 1. The van der Waals surface area contributed by atoms with Gasteiger partial charge in [-0.25, -0.2) is 0 Å². The van der Waals surface area contributed by atoms with E-state index in [1.807, 2.05) is 11.8 Å². The van der Waals surface area contributed by atoms with E-state index in [9.17, 15) is 4.79 Å². The van der Waals surface area contributed by atoms with Crippen molar-refractivity contribution in [3.8, 4) is 0 Å². The minimum absolute atomic E-state index is 0.161. The molecule has 28 heavy (non-hydrogen) atoms. The molecular weight excluding hydrogens is 348 g/mol. The smallest absolute Gasteiger partial charge is 0.222 e. The van der Waals surface area contributed by atoms with Crippen LogP contribution in [0.3, 0.4) is 0 Å². The highest BCUT2D eigenvalue weighted by Crippen LogP contribution is 2.41. The number of aryl methyl sites for hydroxylation is 1. The number of nitrogens with one attached hydrogen (secondary N) is 2. The number of aliphatic imine (C=N–C) groups is 1. The Balaban J connectivity index is 1.70. The van der Waals surface area contributed by atoms with Gasteiger partial charge < -0.3 is 15.5 Å². The van der Waals surface area contributed by atoms with Crippen LogP contribution in [0.2, 0.25) is 0 Å². The number of rotatable bonds is 6. The molecule has 1 heterocycles. The first-order chi connectivity index (χ1) is 13.6. The molecule has 2 N–H and O–H groups in total. The van der Waals surface area contributed by atoms with Crippen molar-refractivity contribution in [2.75, 3.05) is 26.2 Å². The van der Waals surface area contributed by atoms with Crippen LogP contribution in [0.1, 0.15) is 63.5 Å². The number of likely N-dealkylation sites (tertiary alicyclic amines) is 1. The summed E-state index contributed by atoms with van der Waals surface area (Å²) >= 11 is 0. The Hall–Kier alpha value is -2.04. The third kappa shape index (κ3) is 4.86. The molecule has 5 heteroatoms. The van der Waals surface area contributed by atoms with Gasteiger partial charge in [0.15, 0.2) is 5.96 Å². The molecule has 3 rings (SSSR count). The van der Waals surface area contributed by atoms with Gasteiger partial charge in [-0.2, -0.15) is 0 Å². The molecule has 1 aromatic rings. The molecule has 1 saturated heterocycles. The summed E-state index contributed by atoms with van der Waals surface area (Å²) in [7, 11) is 0. The predicted molar refractivity (Wildman–Crippen MR) is 116 cm³/mol. The number of nitrogens with zero attached hydrogens (tertiary/aromatic N) is 2. The first-order valence-corrected chi connectivity index (χ1v) is 11.0. The number of benzene rings is 1. The first-order valence-electron chi connectivity index (χ1n) is 11.0. The summed E-state index contributed by atoms with van der Waals surface area (Å²) < 4.78 is 0. The minimum atomic E-state index is 0.161. The van der Waals surface area contributed by atoms with E-state index in [1.54, 1.807) is 0 Å². The molecule has 1 aliphatic carbocycles. The second-order valence-electron chi connectivity index (χ2n) is 8.38. The molecule has 0 bridgehead atoms. The molecule has 2 fully saturated rings. The van der Waals surface area contributed by atoms with Gasteiger partial charge in [0.25, 0.3) is 0 Å². The van der Waals surface area contributed by atoms with E-state index in [4.69, 9.17) is 4.99 Å². The van der Waals surface area contributed by atoms with Crippen molar-refractivity contribution in [2.45, 2.75) is 70.8 Å². The molecule has 1 atom stereocenters. The summed E-state index contributed by atoms with van der Waals surface area (Å²) in [5, 5.41) is 6.98. The first kappa shape index (κ1) is 20.7. The molecule has 5 nitrogen and oxygen atoms in total. The zero-order valence-corrected chi connectivity index (χ0v) is 17.8. The normalized spacial score (nSPS) is 21.8. The van der Waals surface area contributed by atoms with Crippen LogP contribution < -0.4 is 10.6 Å². The number of hydrogen-bond donors (Lipinski definition) is 2. The van der Waals surface area contributed by atoms with Crippen LogP contribution in [0.15, 0.2) is 29.3 Å². The number of carbonyl (C=O) groups excluding carboxylic acids is 1. The van der Waals surface area contributed by atoms with E-state index in [0.29, 0.717) is 6.42 Å². The van der Waals surface area contributed by atoms with Crippen molar-refractivity contribution in [1.82, 2.24) is 15.5 Å². The fourth-order valence-electron chi connectivity index (χ4n) is 4.64. The monoisotopic (exact) mass is 384 g/mol. The Kier molecular flexibility index (Phi) is 6.97. The molecule has 1 saturated carbocycles. The van der Waals surface area contributed by atoms with Gasteiger partial charge >= 0.3 is 0 Å². The SMILES string of the molecule is CCNC(=NCC1(c2cccc(C)c2)CCCC1)NC1CCN(C(=O)CC)C1. The van der Waals surface area contributed by atoms with E-state index in [0.717, 1.165) is 38.6 Å². The van der Waals surface area contributed by atoms with Gasteiger partial charge in [-0.3, -0.25) is 9.79 Å². The van der Waals surface area contributed by atoms with E-state index in [-0.39, 0.29) is 17.4 Å². The van der Waals surface area contributed by atoms with Crippen LogP contribution in [0.25, 0.3) is 0 Å². The largest absolute Gasteiger partial charge is 0.357 e. The lowest BCUT2D eigenvalue weighted by Gasteiger charge is -2.29. The second-order valence-corrected chi connectivity index (χ2v) is 8.38. The molecule has 1 amide bonds. The van der Waals surface area contributed by atoms with E-state index < -0.39 is 0 Å². The Bertz CT molecular complexity index is 694. The van der Waals surface area contributed by atoms with Crippen LogP contribution >= 0.6 is 0 Å². The summed E-state index contributed by atoms with van der Waals surface area (Å²) in [4.78, 5) is 18.9. The maximum Gasteiger partial charge on any atom is 0.222 e. The van der Waals surface area contributed by atoms with Crippen molar-refractivity contribution >= 4 is 11.9 Å².